The minimum atomic E-state index is -5.08. The number of fused-ring (bicyclic) bond motifs is 1. The zero-order chi connectivity index (χ0) is 20.9. The van der Waals surface area contributed by atoms with E-state index < -0.39 is 12.1 Å². The third-order valence-corrected chi connectivity index (χ3v) is 4.11. The average Bonchev–Trinajstić information content (AvgIpc) is 3.04. The second-order valence-corrected chi connectivity index (χ2v) is 6.48. The molecule has 0 atom stereocenters. The van der Waals surface area contributed by atoms with Crippen LogP contribution in [0.1, 0.15) is 27.3 Å². The van der Waals surface area contributed by atoms with Crippen LogP contribution in [0, 0.1) is 0 Å². The molecule has 3 rings (SSSR count). The standard InChI is InChI=1S/C16H20N4O.C2HF3O2/c1-19(2)16(21)15-13-11-20(9-8-14(13)17-18-15)10-12-6-4-3-5-7-12;3-2(4,5)1(6)7/h3-7H,8-11H2,1-2H3,(H,17,18);(H,6,7). The third kappa shape index (κ3) is 5.56. The Kier molecular flexibility index (Phi) is 6.79. The molecule has 0 aliphatic carbocycles. The molecule has 2 N–H and O–H groups in total. The number of carbonyl (C=O) groups excluding carboxylic acids is 1. The Labute approximate surface area is 159 Å². The first kappa shape index (κ1) is 21.4. The SMILES string of the molecule is CN(C)C(=O)c1n[nH]c2c1CN(Cc1ccccc1)CC2.O=C(O)C(F)(F)F. The van der Waals surface area contributed by atoms with Crippen molar-refractivity contribution in [3.05, 3.63) is 52.8 Å². The van der Waals surface area contributed by atoms with Gasteiger partial charge in [-0.15, -0.1) is 0 Å². The molecular weight excluding hydrogens is 377 g/mol. The maximum atomic E-state index is 12.2. The number of rotatable bonds is 3. The van der Waals surface area contributed by atoms with Gasteiger partial charge in [0.05, 0.1) is 0 Å². The quantitative estimate of drug-likeness (QED) is 0.828. The van der Waals surface area contributed by atoms with Gasteiger partial charge in [-0.1, -0.05) is 30.3 Å². The van der Waals surface area contributed by atoms with Gasteiger partial charge in [-0.05, 0) is 5.56 Å². The fourth-order valence-electron chi connectivity index (χ4n) is 2.72. The molecule has 28 heavy (non-hydrogen) atoms. The van der Waals surface area contributed by atoms with Gasteiger partial charge in [-0.3, -0.25) is 14.8 Å². The topological polar surface area (TPSA) is 89.5 Å². The highest BCUT2D eigenvalue weighted by molar-refractivity contribution is 5.93. The number of nitrogens with zero attached hydrogens (tertiary/aromatic N) is 3. The summed E-state index contributed by atoms with van der Waals surface area (Å²) in [7, 11) is 3.52. The molecule has 1 aliphatic heterocycles. The number of hydrogen-bond donors (Lipinski definition) is 2. The molecule has 152 valence electrons. The molecule has 0 bridgehead atoms. The van der Waals surface area contributed by atoms with E-state index in [0.29, 0.717) is 5.69 Å². The Morgan fingerprint density at radius 2 is 1.86 bits per heavy atom. The number of nitrogens with one attached hydrogen (secondary N) is 1. The third-order valence-electron chi connectivity index (χ3n) is 4.11. The number of aromatic nitrogens is 2. The highest BCUT2D eigenvalue weighted by atomic mass is 19.4. The maximum absolute atomic E-state index is 12.2. The van der Waals surface area contributed by atoms with E-state index in [0.717, 1.165) is 37.3 Å². The summed E-state index contributed by atoms with van der Waals surface area (Å²) in [6.07, 6.45) is -4.17. The molecule has 2 aromatic rings. The first-order valence-corrected chi connectivity index (χ1v) is 8.43. The number of H-pyrrole nitrogens is 1. The number of carboxylic acid groups (broad SMARTS) is 1. The molecule has 0 saturated heterocycles. The van der Waals surface area contributed by atoms with Crippen LogP contribution >= 0.6 is 0 Å². The zero-order valence-electron chi connectivity index (χ0n) is 15.5. The van der Waals surface area contributed by atoms with Crippen LogP contribution in [0.3, 0.4) is 0 Å². The minimum Gasteiger partial charge on any atom is -0.475 e. The van der Waals surface area contributed by atoms with E-state index in [1.165, 1.54) is 5.56 Å². The van der Waals surface area contributed by atoms with Gasteiger partial charge >= 0.3 is 12.1 Å². The Morgan fingerprint density at radius 3 is 2.39 bits per heavy atom. The second kappa shape index (κ2) is 8.87. The fraction of sp³-hybridized carbons (Fsp3) is 0.389. The molecule has 0 saturated carbocycles. The van der Waals surface area contributed by atoms with Crippen molar-refractivity contribution in [3.63, 3.8) is 0 Å². The lowest BCUT2D eigenvalue weighted by molar-refractivity contribution is -0.192. The zero-order valence-corrected chi connectivity index (χ0v) is 15.5. The summed E-state index contributed by atoms with van der Waals surface area (Å²) in [4.78, 5) is 25.0. The predicted molar refractivity (Wildman–Crippen MR) is 94.6 cm³/mol. The van der Waals surface area contributed by atoms with Crippen LogP contribution in [0.2, 0.25) is 0 Å². The highest BCUT2D eigenvalue weighted by Gasteiger charge is 2.38. The van der Waals surface area contributed by atoms with Gasteiger partial charge in [0.25, 0.3) is 5.91 Å². The Bertz CT molecular complexity index is 819. The van der Waals surface area contributed by atoms with E-state index in [2.05, 4.69) is 39.4 Å². The molecule has 1 aromatic carbocycles. The van der Waals surface area contributed by atoms with Gasteiger partial charge in [-0.2, -0.15) is 18.3 Å². The van der Waals surface area contributed by atoms with E-state index in [4.69, 9.17) is 9.90 Å². The van der Waals surface area contributed by atoms with Crippen molar-refractivity contribution in [3.8, 4) is 0 Å². The molecule has 2 heterocycles. The lowest BCUT2D eigenvalue weighted by atomic mass is 10.0. The number of carbonyl (C=O) groups is 2. The molecular formula is C18H21F3N4O3. The van der Waals surface area contributed by atoms with Gasteiger partial charge in [0, 0.05) is 51.4 Å². The van der Waals surface area contributed by atoms with Gasteiger partial charge in [0.15, 0.2) is 5.69 Å². The predicted octanol–water partition coefficient (Wildman–Crippen LogP) is 2.30. The molecule has 1 aliphatic rings. The van der Waals surface area contributed by atoms with E-state index >= 15 is 0 Å². The number of hydrogen-bond acceptors (Lipinski definition) is 4. The minimum absolute atomic E-state index is 0.0333. The van der Waals surface area contributed by atoms with E-state index in [1.807, 2.05) is 6.07 Å². The van der Waals surface area contributed by atoms with Crippen molar-refractivity contribution in [2.75, 3.05) is 20.6 Å². The van der Waals surface area contributed by atoms with Crippen molar-refractivity contribution < 1.29 is 27.9 Å². The van der Waals surface area contributed by atoms with Crippen LogP contribution in [0.5, 0.6) is 0 Å². The van der Waals surface area contributed by atoms with Crippen molar-refractivity contribution >= 4 is 11.9 Å². The molecule has 0 unspecified atom stereocenters. The van der Waals surface area contributed by atoms with Gasteiger partial charge in [0.2, 0.25) is 0 Å². The molecule has 0 radical (unpaired) electrons. The summed E-state index contributed by atoms with van der Waals surface area (Å²) < 4.78 is 31.7. The van der Waals surface area contributed by atoms with Gasteiger partial charge < -0.3 is 10.0 Å². The maximum Gasteiger partial charge on any atom is 0.490 e. The highest BCUT2D eigenvalue weighted by Crippen LogP contribution is 2.22. The Balaban J connectivity index is 0.000000345. The van der Waals surface area contributed by atoms with E-state index in [-0.39, 0.29) is 5.91 Å². The van der Waals surface area contributed by atoms with E-state index in [9.17, 15) is 18.0 Å². The van der Waals surface area contributed by atoms with E-state index in [1.54, 1.807) is 19.0 Å². The van der Waals surface area contributed by atoms with Crippen LogP contribution in [0.4, 0.5) is 13.2 Å². The molecule has 1 aromatic heterocycles. The normalized spacial score (nSPS) is 13.9. The van der Waals surface area contributed by atoms with Crippen LogP contribution in [0.15, 0.2) is 30.3 Å². The van der Waals surface area contributed by atoms with Gasteiger partial charge in [-0.25, -0.2) is 4.79 Å². The summed E-state index contributed by atoms with van der Waals surface area (Å²) in [6.45, 7) is 2.66. The summed E-state index contributed by atoms with van der Waals surface area (Å²) >= 11 is 0. The molecule has 0 spiro atoms. The Morgan fingerprint density at radius 1 is 1.25 bits per heavy atom. The monoisotopic (exact) mass is 398 g/mol. The van der Waals surface area contributed by atoms with Crippen LogP contribution < -0.4 is 0 Å². The lowest BCUT2D eigenvalue weighted by Gasteiger charge is -2.27. The van der Waals surface area contributed by atoms with Crippen LogP contribution in [-0.4, -0.2) is 63.8 Å². The second-order valence-electron chi connectivity index (χ2n) is 6.48. The largest absolute Gasteiger partial charge is 0.490 e. The Hall–Kier alpha value is -2.88. The molecule has 7 nitrogen and oxygen atoms in total. The fourth-order valence-corrected chi connectivity index (χ4v) is 2.72. The first-order valence-electron chi connectivity index (χ1n) is 8.43. The number of alkyl halides is 3. The average molecular weight is 398 g/mol. The number of halogens is 3. The summed E-state index contributed by atoms with van der Waals surface area (Å²) in [6, 6.07) is 10.4. The van der Waals surface area contributed by atoms with Crippen molar-refractivity contribution in [1.82, 2.24) is 20.0 Å². The number of amides is 1. The lowest BCUT2D eigenvalue weighted by Crippen LogP contribution is -2.31. The molecule has 1 amide bonds. The number of aliphatic carboxylic acids is 1. The van der Waals surface area contributed by atoms with Crippen LogP contribution in [-0.2, 0) is 24.3 Å². The summed E-state index contributed by atoms with van der Waals surface area (Å²) in [5.41, 5.74) is 4.01. The van der Waals surface area contributed by atoms with Crippen molar-refractivity contribution in [2.24, 2.45) is 0 Å². The number of aromatic amines is 1. The van der Waals surface area contributed by atoms with Crippen LogP contribution in [0.25, 0.3) is 0 Å². The first-order chi connectivity index (χ1) is 13.1. The number of carboxylic acids is 1. The van der Waals surface area contributed by atoms with Gasteiger partial charge in [0.1, 0.15) is 0 Å². The molecule has 10 heteroatoms. The number of benzene rings is 1. The molecule has 0 fully saturated rings. The van der Waals surface area contributed by atoms with Crippen molar-refractivity contribution in [2.45, 2.75) is 25.7 Å². The summed E-state index contributed by atoms with van der Waals surface area (Å²) in [5.74, 6) is -2.79. The smallest absolute Gasteiger partial charge is 0.475 e. The van der Waals surface area contributed by atoms with Crippen molar-refractivity contribution in [1.29, 1.82) is 0 Å². The summed E-state index contributed by atoms with van der Waals surface area (Å²) in [5, 5.41) is 14.4.